The molecule has 0 heterocycles. The van der Waals surface area contributed by atoms with Crippen LogP contribution >= 0.6 is 24.0 Å². The zero-order valence-corrected chi connectivity index (χ0v) is 16.1. The zero-order chi connectivity index (χ0) is 15.3. The lowest BCUT2D eigenvalue weighted by molar-refractivity contribution is 0.407. The Labute approximate surface area is 150 Å². The number of halogens is 1. The Bertz CT molecular complexity index is 496. The van der Waals surface area contributed by atoms with Crippen LogP contribution in [0.5, 0.6) is 5.75 Å². The van der Waals surface area contributed by atoms with E-state index in [4.69, 9.17) is 10.5 Å². The highest BCUT2D eigenvalue weighted by atomic mass is 127. The van der Waals surface area contributed by atoms with E-state index in [-0.39, 0.29) is 29.4 Å². The number of nitrogens with two attached hydrogens (primary N) is 1. The van der Waals surface area contributed by atoms with E-state index in [0.29, 0.717) is 12.0 Å². The minimum Gasteiger partial charge on any atom is -0.497 e. The highest BCUT2D eigenvalue weighted by Crippen LogP contribution is 2.42. The minimum absolute atomic E-state index is 0. The van der Waals surface area contributed by atoms with E-state index < -0.39 is 0 Å². The van der Waals surface area contributed by atoms with Crippen LogP contribution < -0.4 is 15.8 Å². The normalized spacial score (nSPS) is 17.2. The van der Waals surface area contributed by atoms with E-state index in [9.17, 15) is 0 Å². The second-order valence-electron chi connectivity index (χ2n) is 6.22. The second kappa shape index (κ2) is 8.60. The van der Waals surface area contributed by atoms with Crippen molar-refractivity contribution in [1.82, 2.24) is 5.32 Å². The Balaban J connectivity index is 0.00000242. The summed E-state index contributed by atoms with van der Waals surface area (Å²) in [6.07, 6.45) is 4.84. The van der Waals surface area contributed by atoms with Crippen molar-refractivity contribution in [1.29, 1.82) is 0 Å². The SMILES string of the molecule is COc1cccc(C2(CN=C(N)NC(C)C)CCCC2)c1.I. The molecule has 0 saturated heterocycles. The molecule has 2 rings (SSSR count). The van der Waals surface area contributed by atoms with Crippen LogP contribution in [0.2, 0.25) is 0 Å². The van der Waals surface area contributed by atoms with Gasteiger partial charge in [0.05, 0.1) is 13.7 Å². The van der Waals surface area contributed by atoms with Crippen LogP contribution in [0.15, 0.2) is 29.3 Å². The van der Waals surface area contributed by atoms with E-state index in [1.807, 2.05) is 6.07 Å². The monoisotopic (exact) mass is 417 g/mol. The van der Waals surface area contributed by atoms with Crippen molar-refractivity contribution in [2.45, 2.75) is 51.0 Å². The lowest BCUT2D eigenvalue weighted by atomic mass is 9.79. The first-order valence-electron chi connectivity index (χ1n) is 7.77. The summed E-state index contributed by atoms with van der Waals surface area (Å²) in [5.74, 6) is 1.45. The molecule has 1 aromatic carbocycles. The fourth-order valence-electron chi connectivity index (χ4n) is 3.12. The Morgan fingerprint density at radius 2 is 2.05 bits per heavy atom. The van der Waals surface area contributed by atoms with Gasteiger partial charge in [0.15, 0.2) is 5.96 Å². The largest absolute Gasteiger partial charge is 0.497 e. The average molecular weight is 417 g/mol. The van der Waals surface area contributed by atoms with Crippen molar-refractivity contribution in [3.8, 4) is 5.75 Å². The number of methoxy groups -OCH3 is 1. The van der Waals surface area contributed by atoms with Crippen molar-refractivity contribution in [2.75, 3.05) is 13.7 Å². The summed E-state index contributed by atoms with van der Waals surface area (Å²) in [7, 11) is 1.71. The first-order valence-corrected chi connectivity index (χ1v) is 7.77. The summed E-state index contributed by atoms with van der Waals surface area (Å²) in [6, 6.07) is 8.70. The molecule has 0 aromatic heterocycles. The van der Waals surface area contributed by atoms with Gasteiger partial charge in [-0.1, -0.05) is 25.0 Å². The lowest BCUT2D eigenvalue weighted by Gasteiger charge is -2.28. The van der Waals surface area contributed by atoms with Gasteiger partial charge in [-0.05, 0) is 44.4 Å². The van der Waals surface area contributed by atoms with Gasteiger partial charge in [-0.15, -0.1) is 24.0 Å². The molecule has 0 bridgehead atoms. The summed E-state index contributed by atoms with van der Waals surface area (Å²) in [6.45, 7) is 4.87. The third-order valence-corrected chi connectivity index (χ3v) is 4.23. The maximum Gasteiger partial charge on any atom is 0.188 e. The summed E-state index contributed by atoms with van der Waals surface area (Å²) >= 11 is 0. The Kier molecular flexibility index (Phi) is 7.45. The van der Waals surface area contributed by atoms with Crippen LogP contribution in [0.4, 0.5) is 0 Å². The molecule has 1 saturated carbocycles. The predicted octanol–water partition coefficient (Wildman–Crippen LogP) is 3.44. The van der Waals surface area contributed by atoms with Crippen LogP contribution in [0, 0.1) is 0 Å². The highest BCUT2D eigenvalue weighted by Gasteiger charge is 2.35. The van der Waals surface area contributed by atoms with Gasteiger partial charge in [0.1, 0.15) is 5.75 Å². The van der Waals surface area contributed by atoms with Crippen LogP contribution in [0.25, 0.3) is 0 Å². The van der Waals surface area contributed by atoms with Crippen molar-refractivity contribution in [3.63, 3.8) is 0 Å². The molecule has 1 aliphatic rings. The quantitative estimate of drug-likeness (QED) is 0.439. The van der Waals surface area contributed by atoms with Gasteiger partial charge in [-0.25, -0.2) is 0 Å². The van der Waals surface area contributed by atoms with E-state index in [1.165, 1.54) is 31.2 Å². The third kappa shape index (κ3) is 4.76. The molecule has 124 valence electrons. The molecule has 0 amide bonds. The van der Waals surface area contributed by atoms with Crippen molar-refractivity contribution in [3.05, 3.63) is 29.8 Å². The maximum absolute atomic E-state index is 5.96. The standard InChI is InChI=1S/C17H27N3O.HI/c1-13(2)20-16(18)19-12-17(9-4-5-10-17)14-7-6-8-15(11-14)21-3;/h6-8,11,13H,4-5,9-10,12H2,1-3H3,(H3,18,19,20);1H. The van der Waals surface area contributed by atoms with Gasteiger partial charge in [0, 0.05) is 11.5 Å². The molecule has 0 radical (unpaired) electrons. The predicted molar refractivity (Wildman–Crippen MR) is 103 cm³/mol. The number of benzene rings is 1. The van der Waals surface area contributed by atoms with Crippen LogP contribution in [0.3, 0.4) is 0 Å². The third-order valence-electron chi connectivity index (χ3n) is 4.23. The zero-order valence-electron chi connectivity index (χ0n) is 13.8. The Morgan fingerprint density at radius 1 is 1.36 bits per heavy atom. The van der Waals surface area contributed by atoms with Gasteiger partial charge in [-0.3, -0.25) is 4.99 Å². The molecule has 1 aromatic rings. The topological polar surface area (TPSA) is 59.6 Å². The van der Waals surface area contributed by atoms with E-state index in [0.717, 1.165) is 12.3 Å². The van der Waals surface area contributed by atoms with Crippen LogP contribution in [-0.2, 0) is 5.41 Å². The molecule has 1 fully saturated rings. The van der Waals surface area contributed by atoms with Gasteiger partial charge in [0.2, 0.25) is 0 Å². The molecule has 22 heavy (non-hydrogen) atoms. The van der Waals surface area contributed by atoms with Gasteiger partial charge in [-0.2, -0.15) is 0 Å². The molecular weight excluding hydrogens is 389 g/mol. The molecule has 0 atom stereocenters. The van der Waals surface area contributed by atoms with Gasteiger partial charge >= 0.3 is 0 Å². The number of hydrogen-bond acceptors (Lipinski definition) is 2. The summed E-state index contributed by atoms with van der Waals surface area (Å²) < 4.78 is 5.36. The van der Waals surface area contributed by atoms with Crippen LogP contribution in [0.1, 0.15) is 45.1 Å². The summed E-state index contributed by atoms with van der Waals surface area (Å²) in [5, 5.41) is 3.16. The first-order chi connectivity index (χ1) is 10.1. The fourth-order valence-corrected chi connectivity index (χ4v) is 3.12. The molecule has 0 aliphatic heterocycles. The molecule has 0 spiro atoms. The van der Waals surface area contributed by atoms with Gasteiger partial charge < -0.3 is 15.8 Å². The number of rotatable bonds is 5. The molecule has 5 heteroatoms. The number of aliphatic imine (C=N–C) groups is 1. The van der Waals surface area contributed by atoms with E-state index >= 15 is 0 Å². The minimum atomic E-state index is 0. The number of hydrogen-bond donors (Lipinski definition) is 2. The highest BCUT2D eigenvalue weighted by molar-refractivity contribution is 14.0. The smallest absolute Gasteiger partial charge is 0.188 e. The number of ether oxygens (including phenoxy) is 1. The van der Waals surface area contributed by atoms with E-state index in [1.54, 1.807) is 7.11 Å². The Hall–Kier alpha value is -0.980. The Morgan fingerprint density at radius 3 is 2.64 bits per heavy atom. The van der Waals surface area contributed by atoms with Crippen molar-refractivity contribution in [2.24, 2.45) is 10.7 Å². The molecular formula is C17H28IN3O. The molecule has 4 nitrogen and oxygen atoms in total. The van der Waals surface area contributed by atoms with Crippen molar-refractivity contribution >= 4 is 29.9 Å². The molecule has 1 aliphatic carbocycles. The first kappa shape index (κ1) is 19.1. The molecule has 3 N–H and O–H groups in total. The number of guanidine groups is 1. The molecule has 0 unspecified atom stereocenters. The average Bonchev–Trinajstić information content (AvgIpc) is 2.95. The van der Waals surface area contributed by atoms with Crippen LogP contribution in [-0.4, -0.2) is 25.7 Å². The summed E-state index contributed by atoms with van der Waals surface area (Å²) in [4.78, 5) is 4.59. The van der Waals surface area contributed by atoms with Crippen molar-refractivity contribution < 1.29 is 4.74 Å². The summed E-state index contributed by atoms with van der Waals surface area (Å²) in [5.41, 5.74) is 7.39. The maximum atomic E-state index is 5.96. The number of nitrogens with zero attached hydrogens (tertiary/aromatic N) is 1. The second-order valence-corrected chi connectivity index (χ2v) is 6.22. The number of nitrogens with one attached hydrogen (secondary N) is 1. The van der Waals surface area contributed by atoms with E-state index in [2.05, 4.69) is 42.4 Å². The fraction of sp³-hybridized carbons (Fsp3) is 0.588. The van der Waals surface area contributed by atoms with Gasteiger partial charge in [0.25, 0.3) is 0 Å². The lowest BCUT2D eigenvalue weighted by Crippen LogP contribution is -2.38.